The van der Waals surface area contributed by atoms with Crippen LogP contribution in [0.15, 0.2) is 28.7 Å². The summed E-state index contributed by atoms with van der Waals surface area (Å²) in [4.78, 5) is 2.45. The molecule has 0 spiro atoms. The summed E-state index contributed by atoms with van der Waals surface area (Å²) in [6.07, 6.45) is 3.82. The molecule has 1 fully saturated rings. The highest BCUT2D eigenvalue weighted by Gasteiger charge is 2.30. The number of nitrogens with two attached hydrogens (primary N) is 1. The van der Waals surface area contributed by atoms with Gasteiger partial charge in [-0.25, -0.2) is 0 Å². The zero-order chi connectivity index (χ0) is 13.1. The van der Waals surface area contributed by atoms with Crippen LogP contribution in [-0.2, 0) is 0 Å². The lowest BCUT2D eigenvalue weighted by molar-refractivity contribution is 0.226. The van der Waals surface area contributed by atoms with Crippen molar-refractivity contribution in [3.8, 4) is 0 Å². The molecule has 2 atom stereocenters. The Bertz CT molecular complexity index is 390. The number of benzene rings is 1. The normalized spacial score (nSPS) is 18.9. The highest BCUT2D eigenvalue weighted by molar-refractivity contribution is 9.10. The Labute approximate surface area is 119 Å². The first-order valence-corrected chi connectivity index (χ1v) is 7.59. The molecule has 0 heterocycles. The first-order valence-electron chi connectivity index (χ1n) is 6.80. The Morgan fingerprint density at radius 1 is 1.39 bits per heavy atom. The molecule has 1 aromatic rings. The van der Waals surface area contributed by atoms with E-state index in [2.05, 4.69) is 53.0 Å². The zero-order valence-electron chi connectivity index (χ0n) is 11.3. The lowest BCUT2D eigenvalue weighted by Crippen LogP contribution is -2.33. The summed E-state index contributed by atoms with van der Waals surface area (Å²) in [5.41, 5.74) is 7.49. The topological polar surface area (TPSA) is 29.3 Å². The van der Waals surface area contributed by atoms with Crippen molar-refractivity contribution in [2.24, 2.45) is 11.7 Å². The first-order chi connectivity index (χ1) is 8.59. The van der Waals surface area contributed by atoms with Crippen molar-refractivity contribution in [1.82, 2.24) is 4.90 Å². The third kappa shape index (κ3) is 3.56. The number of rotatable bonds is 6. The molecule has 1 aliphatic carbocycles. The Kier molecular flexibility index (Phi) is 4.82. The Morgan fingerprint density at radius 3 is 2.67 bits per heavy atom. The van der Waals surface area contributed by atoms with Crippen LogP contribution in [0.2, 0.25) is 0 Å². The van der Waals surface area contributed by atoms with Gasteiger partial charge in [0.15, 0.2) is 0 Å². The van der Waals surface area contributed by atoms with Crippen LogP contribution in [0.3, 0.4) is 0 Å². The third-order valence-electron chi connectivity index (χ3n) is 4.10. The Hall–Kier alpha value is -0.380. The molecule has 100 valence electrons. The molecule has 2 rings (SSSR count). The maximum Gasteiger partial charge on any atom is 0.0318 e. The van der Waals surface area contributed by atoms with E-state index in [1.807, 2.05) is 6.07 Å². The second-order valence-electron chi connectivity index (χ2n) is 5.48. The summed E-state index contributed by atoms with van der Waals surface area (Å²) in [7, 11) is 2.22. The van der Waals surface area contributed by atoms with Crippen LogP contribution in [0.4, 0.5) is 0 Å². The maximum absolute atomic E-state index is 6.28. The fourth-order valence-corrected chi connectivity index (χ4v) is 2.99. The molecule has 0 aliphatic heterocycles. The minimum atomic E-state index is 0.120. The summed E-state index contributed by atoms with van der Waals surface area (Å²) in [6, 6.07) is 9.08. The van der Waals surface area contributed by atoms with Crippen LogP contribution >= 0.6 is 15.9 Å². The minimum absolute atomic E-state index is 0.120. The fraction of sp³-hybridized carbons (Fsp3) is 0.600. The van der Waals surface area contributed by atoms with Gasteiger partial charge in [0.1, 0.15) is 0 Å². The van der Waals surface area contributed by atoms with Gasteiger partial charge in [-0.1, -0.05) is 34.1 Å². The van der Waals surface area contributed by atoms with Crippen molar-refractivity contribution in [2.75, 3.05) is 13.6 Å². The molecule has 2 unspecified atom stereocenters. The van der Waals surface area contributed by atoms with E-state index < -0.39 is 0 Å². The summed E-state index contributed by atoms with van der Waals surface area (Å²) in [5, 5.41) is 0. The van der Waals surface area contributed by atoms with Crippen molar-refractivity contribution in [1.29, 1.82) is 0 Å². The number of halogens is 1. The number of nitrogens with zero attached hydrogens (tertiary/aromatic N) is 1. The van der Waals surface area contributed by atoms with Gasteiger partial charge in [0, 0.05) is 16.6 Å². The average Bonchev–Trinajstić information content (AvgIpc) is 3.19. The number of hydrogen-bond acceptors (Lipinski definition) is 2. The predicted molar refractivity (Wildman–Crippen MR) is 80.5 cm³/mol. The summed E-state index contributed by atoms with van der Waals surface area (Å²) < 4.78 is 1.12. The van der Waals surface area contributed by atoms with Gasteiger partial charge in [0.05, 0.1) is 0 Å². The smallest absolute Gasteiger partial charge is 0.0318 e. The molecular formula is C15H23BrN2. The van der Waals surface area contributed by atoms with E-state index in [4.69, 9.17) is 5.73 Å². The van der Waals surface area contributed by atoms with Crippen molar-refractivity contribution in [2.45, 2.75) is 38.3 Å². The average molecular weight is 311 g/mol. The van der Waals surface area contributed by atoms with E-state index in [1.165, 1.54) is 18.4 Å². The van der Waals surface area contributed by atoms with Gasteiger partial charge in [-0.15, -0.1) is 0 Å². The van der Waals surface area contributed by atoms with Crippen LogP contribution < -0.4 is 5.73 Å². The van der Waals surface area contributed by atoms with E-state index in [9.17, 15) is 0 Å². The van der Waals surface area contributed by atoms with Gasteiger partial charge in [0.2, 0.25) is 0 Å². The summed E-state index contributed by atoms with van der Waals surface area (Å²) in [5.74, 6) is 0.926. The molecule has 1 aromatic carbocycles. The second kappa shape index (κ2) is 6.18. The van der Waals surface area contributed by atoms with Crippen molar-refractivity contribution < 1.29 is 0 Å². The molecule has 0 radical (unpaired) electrons. The molecule has 0 bridgehead atoms. The van der Waals surface area contributed by atoms with Gasteiger partial charge < -0.3 is 10.6 Å². The molecule has 2 N–H and O–H groups in total. The molecule has 0 aromatic heterocycles. The maximum atomic E-state index is 6.28. The lowest BCUT2D eigenvalue weighted by atomic mass is 10.0. The van der Waals surface area contributed by atoms with Crippen LogP contribution in [0.5, 0.6) is 0 Å². The van der Waals surface area contributed by atoms with E-state index in [0.29, 0.717) is 6.04 Å². The molecule has 3 heteroatoms. The van der Waals surface area contributed by atoms with Crippen LogP contribution in [0.1, 0.15) is 37.8 Å². The first kappa shape index (κ1) is 14.0. The van der Waals surface area contributed by atoms with E-state index >= 15 is 0 Å². The highest BCUT2D eigenvalue weighted by atomic mass is 79.9. The van der Waals surface area contributed by atoms with Gasteiger partial charge in [0.25, 0.3) is 0 Å². The predicted octanol–water partition coefficient (Wildman–Crippen LogP) is 3.57. The number of hydrogen-bond donors (Lipinski definition) is 1. The molecule has 2 nitrogen and oxygen atoms in total. The molecule has 0 saturated heterocycles. The van der Waals surface area contributed by atoms with Gasteiger partial charge in [-0.2, -0.15) is 0 Å². The second-order valence-corrected chi connectivity index (χ2v) is 6.33. The monoisotopic (exact) mass is 310 g/mol. The SMILES string of the molecule is CC(C1CC1)N(C)CCC(N)c1ccccc1Br. The van der Waals surface area contributed by atoms with E-state index in [0.717, 1.165) is 23.4 Å². The largest absolute Gasteiger partial charge is 0.324 e. The van der Waals surface area contributed by atoms with Crippen molar-refractivity contribution in [3.63, 3.8) is 0 Å². The van der Waals surface area contributed by atoms with Crippen molar-refractivity contribution in [3.05, 3.63) is 34.3 Å². The van der Waals surface area contributed by atoms with Crippen molar-refractivity contribution >= 4 is 15.9 Å². The quantitative estimate of drug-likeness (QED) is 0.870. The molecule has 1 saturated carbocycles. The lowest BCUT2D eigenvalue weighted by Gasteiger charge is -2.26. The van der Waals surface area contributed by atoms with E-state index in [1.54, 1.807) is 0 Å². The summed E-state index contributed by atoms with van der Waals surface area (Å²) >= 11 is 3.57. The van der Waals surface area contributed by atoms with Crippen LogP contribution in [0.25, 0.3) is 0 Å². The summed E-state index contributed by atoms with van der Waals surface area (Å²) in [6.45, 7) is 3.40. The van der Waals surface area contributed by atoms with Gasteiger partial charge in [-0.3, -0.25) is 0 Å². The zero-order valence-corrected chi connectivity index (χ0v) is 12.9. The fourth-order valence-electron chi connectivity index (χ4n) is 2.42. The standard InChI is InChI=1S/C15H23BrN2/c1-11(12-7-8-12)18(2)10-9-15(17)13-5-3-4-6-14(13)16/h3-6,11-12,15H,7-10,17H2,1-2H3. The minimum Gasteiger partial charge on any atom is -0.324 e. The van der Waals surface area contributed by atoms with Gasteiger partial charge >= 0.3 is 0 Å². The Morgan fingerprint density at radius 2 is 2.06 bits per heavy atom. The van der Waals surface area contributed by atoms with E-state index in [-0.39, 0.29) is 6.04 Å². The van der Waals surface area contributed by atoms with Crippen LogP contribution in [0, 0.1) is 5.92 Å². The Balaban J connectivity index is 1.84. The third-order valence-corrected chi connectivity index (χ3v) is 4.82. The molecule has 0 amide bonds. The molecule has 1 aliphatic rings. The molecule has 18 heavy (non-hydrogen) atoms. The highest BCUT2D eigenvalue weighted by Crippen LogP contribution is 2.35. The van der Waals surface area contributed by atoms with Crippen LogP contribution in [-0.4, -0.2) is 24.5 Å². The molecular weight excluding hydrogens is 288 g/mol. The van der Waals surface area contributed by atoms with Gasteiger partial charge in [-0.05, 0) is 57.3 Å².